The summed E-state index contributed by atoms with van der Waals surface area (Å²) in [6.45, 7) is 4.01. The van der Waals surface area contributed by atoms with Crippen molar-refractivity contribution in [3.05, 3.63) is 0 Å². The molecule has 3 unspecified atom stereocenters. The van der Waals surface area contributed by atoms with E-state index in [-0.39, 0.29) is 24.1 Å². The summed E-state index contributed by atoms with van der Waals surface area (Å²) >= 11 is 0. The van der Waals surface area contributed by atoms with Gasteiger partial charge in [0.1, 0.15) is 0 Å². The number of aliphatic hydroxyl groups excluding tert-OH is 1. The van der Waals surface area contributed by atoms with E-state index >= 15 is 0 Å². The Kier molecular flexibility index (Phi) is 5.22. The van der Waals surface area contributed by atoms with Crippen molar-refractivity contribution in [2.45, 2.75) is 64.1 Å². The van der Waals surface area contributed by atoms with Crippen LogP contribution < -0.4 is 11.1 Å². The summed E-state index contributed by atoms with van der Waals surface area (Å²) in [7, 11) is 0. The Bertz CT molecular complexity index is 231. The van der Waals surface area contributed by atoms with Crippen molar-refractivity contribution in [2.75, 3.05) is 0 Å². The third-order valence-corrected chi connectivity index (χ3v) is 3.35. The quantitative estimate of drug-likeness (QED) is 0.665. The van der Waals surface area contributed by atoms with E-state index < -0.39 is 0 Å². The Balaban J connectivity index is 2.32. The first-order valence-corrected chi connectivity index (χ1v) is 6.23. The zero-order valence-electron chi connectivity index (χ0n) is 10.3. The molecule has 1 aliphatic rings. The molecule has 0 radical (unpaired) electrons. The highest BCUT2D eigenvalue weighted by molar-refractivity contribution is 5.77. The van der Waals surface area contributed by atoms with Gasteiger partial charge in [-0.05, 0) is 18.8 Å². The molecule has 4 nitrogen and oxygen atoms in total. The number of amides is 1. The van der Waals surface area contributed by atoms with Gasteiger partial charge in [0.25, 0.3) is 0 Å². The number of nitrogens with one attached hydrogen (secondary N) is 1. The minimum atomic E-state index is -0.382. The molecule has 3 atom stereocenters. The lowest BCUT2D eigenvalue weighted by molar-refractivity contribution is -0.123. The van der Waals surface area contributed by atoms with E-state index in [0.29, 0.717) is 12.3 Å². The molecule has 4 heteroatoms. The number of carbonyl (C=O) groups is 1. The van der Waals surface area contributed by atoms with Crippen molar-refractivity contribution in [3.8, 4) is 0 Å². The third-order valence-electron chi connectivity index (χ3n) is 3.35. The Hall–Kier alpha value is -0.610. The number of nitrogens with two attached hydrogens (primary N) is 1. The van der Waals surface area contributed by atoms with Crippen LogP contribution in [0.3, 0.4) is 0 Å². The van der Waals surface area contributed by atoms with Crippen LogP contribution in [0.1, 0.15) is 46.0 Å². The molecule has 16 heavy (non-hydrogen) atoms. The Labute approximate surface area is 97.6 Å². The molecule has 0 aromatic carbocycles. The van der Waals surface area contributed by atoms with Crippen LogP contribution in [0.15, 0.2) is 0 Å². The summed E-state index contributed by atoms with van der Waals surface area (Å²) in [4.78, 5) is 11.7. The van der Waals surface area contributed by atoms with Gasteiger partial charge in [0.15, 0.2) is 0 Å². The second kappa shape index (κ2) is 6.21. The van der Waals surface area contributed by atoms with E-state index in [0.717, 1.165) is 25.7 Å². The molecular weight excluding hydrogens is 204 g/mol. The molecule has 0 spiro atoms. The van der Waals surface area contributed by atoms with Crippen LogP contribution in [0.5, 0.6) is 0 Å². The lowest BCUT2D eigenvalue weighted by Gasteiger charge is -2.29. The van der Waals surface area contributed by atoms with Gasteiger partial charge in [-0.3, -0.25) is 4.79 Å². The second-order valence-electron chi connectivity index (χ2n) is 5.14. The van der Waals surface area contributed by atoms with Crippen molar-refractivity contribution in [3.63, 3.8) is 0 Å². The fraction of sp³-hybridized carbons (Fsp3) is 0.917. The summed E-state index contributed by atoms with van der Waals surface area (Å²) in [5.74, 6) is 0.272. The van der Waals surface area contributed by atoms with Crippen molar-refractivity contribution in [1.82, 2.24) is 5.32 Å². The minimum Gasteiger partial charge on any atom is -0.391 e. The molecule has 0 saturated heterocycles. The van der Waals surface area contributed by atoms with Gasteiger partial charge in [-0.25, -0.2) is 0 Å². The molecular formula is C12H24N2O2. The molecule has 0 aromatic rings. The van der Waals surface area contributed by atoms with Gasteiger partial charge in [0.05, 0.1) is 12.1 Å². The van der Waals surface area contributed by atoms with Gasteiger partial charge >= 0.3 is 0 Å². The average molecular weight is 228 g/mol. The molecule has 94 valence electrons. The zero-order valence-corrected chi connectivity index (χ0v) is 10.3. The van der Waals surface area contributed by atoms with Gasteiger partial charge in [-0.2, -0.15) is 0 Å². The number of carbonyl (C=O) groups excluding carboxylic acids is 1. The first kappa shape index (κ1) is 13.5. The lowest BCUT2D eigenvalue weighted by Crippen LogP contribution is -2.46. The molecule has 1 amide bonds. The normalized spacial score (nSPS) is 27.8. The molecule has 1 aliphatic carbocycles. The van der Waals surface area contributed by atoms with Gasteiger partial charge in [-0.15, -0.1) is 0 Å². The second-order valence-corrected chi connectivity index (χ2v) is 5.14. The highest BCUT2D eigenvalue weighted by Crippen LogP contribution is 2.18. The largest absolute Gasteiger partial charge is 0.391 e. The van der Waals surface area contributed by atoms with E-state index in [1.165, 1.54) is 0 Å². The molecule has 1 fully saturated rings. The fourth-order valence-corrected chi connectivity index (χ4v) is 2.00. The fourth-order valence-electron chi connectivity index (χ4n) is 2.00. The molecule has 1 rings (SSSR count). The van der Waals surface area contributed by atoms with E-state index in [4.69, 9.17) is 5.73 Å². The first-order chi connectivity index (χ1) is 7.50. The maximum atomic E-state index is 11.7. The molecule has 0 heterocycles. The van der Waals surface area contributed by atoms with Crippen LogP contribution in [0.4, 0.5) is 0 Å². The molecule has 0 aromatic heterocycles. The third kappa shape index (κ3) is 4.10. The van der Waals surface area contributed by atoms with Gasteiger partial charge in [-0.1, -0.05) is 26.7 Å². The molecule has 1 saturated carbocycles. The van der Waals surface area contributed by atoms with E-state index in [9.17, 15) is 9.90 Å². The molecule has 4 N–H and O–H groups in total. The van der Waals surface area contributed by atoms with Crippen LogP contribution in [-0.2, 0) is 4.79 Å². The van der Waals surface area contributed by atoms with Crippen LogP contribution in [0, 0.1) is 5.92 Å². The highest BCUT2D eigenvalue weighted by atomic mass is 16.3. The Morgan fingerprint density at radius 3 is 2.62 bits per heavy atom. The number of hydrogen-bond acceptors (Lipinski definition) is 3. The summed E-state index contributed by atoms with van der Waals surface area (Å²) in [5, 5.41) is 12.6. The lowest BCUT2D eigenvalue weighted by atomic mass is 9.92. The number of aliphatic hydroxyl groups is 1. The molecule has 0 aliphatic heterocycles. The number of rotatable bonds is 4. The van der Waals surface area contributed by atoms with Crippen molar-refractivity contribution in [1.29, 1.82) is 0 Å². The van der Waals surface area contributed by atoms with E-state index in [1.54, 1.807) is 0 Å². The first-order valence-electron chi connectivity index (χ1n) is 6.23. The summed E-state index contributed by atoms with van der Waals surface area (Å²) in [6, 6.07) is -0.165. The number of hydrogen-bond donors (Lipinski definition) is 3. The predicted molar refractivity (Wildman–Crippen MR) is 63.8 cm³/mol. The topological polar surface area (TPSA) is 75.4 Å². The maximum Gasteiger partial charge on any atom is 0.221 e. The maximum absolute atomic E-state index is 11.7. The van der Waals surface area contributed by atoms with Gasteiger partial charge in [0, 0.05) is 12.5 Å². The summed E-state index contributed by atoms with van der Waals surface area (Å²) < 4.78 is 0. The Morgan fingerprint density at radius 1 is 1.44 bits per heavy atom. The monoisotopic (exact) mass is 228 g/mol. The van der Waals surface area contributed by atoms with Gasteiger partial charge < -0.3 is 16.2 Å². The van der Waals surface area contributed by atoms with Crippen LogP contribution in [0.2, 0.25) is 0 Å². The predicted octanol–water partition coefficient (Wildman–Crippen LogP) is 0.779. The van der Waals surface area contributed by atoms with Crippen LogP contribution in [0.25, 0.3) is 0 Å². The SMILES string of the molecule is CC(C)C(N)CC(=O)NC1CCCCC1O. The average Bonchev–Trinajstić information content (AvgIpc) is 2.21. The summed E-state index contributed by atoms with van der Waals surface area (Å²) in [6.07, 6.45) is 3.77. The Morgan fingerprint density at radius 2 is 2.06 bits per heavy atom. The van der Waals surface area contributed by atoms with E-state index in [2.05, 4.69) is 5.32 Å². The highest BCUT2D eigenvalue weighted by Gasteiger charge is 2.25. The van der Waals surface area contributed by atoms with Crippen molar-refractivity contribution >= 4 is 5.91 Å². The van der Waals surface area contributed by atoms with Crippen molar-refractivity contribution < 1.29 is 9.90 Å². The smallest absolute Gasteiger partial charge is 0.221 e. The molecule has 0 bridgehead atoms. The standard InChI is InChI=1S/C12H24N2O2/c1-8(2)9(13)7-12(16)14-10-5-3-4-6-11(10)15/h8-11,15H,3-7,13H2,1-2H3,(H,14,16). The van der Waals surface area contributed by atoms with Gasteiger partial charge in [0.2, 0.25) is 5.91 Å². The zero-order chi connectivity index (χ0) is 12.1. The van der Waals surface area contributed by atoms with Crippen LogP contribution in [-0.4, -0.2) is 29.2 Å². The van der Waals surface area contributed by atoms with Crippen molar-refractivity contribution in [2.24, 2.45) is 11.7 Å². The summed E-state index contributed by atoms with van der Waals surface area (Å²) in [5.41, 5.74) is 5.83. The minimum absolute atomic E-state index is 0.0350. The van der Waals surface area contributed by atoms with Crippen LogP contribution >= 0.6 is 0 Å². The van der Waals surface area contributed by atoms with E-state index in [1.807, 2.05) is 13.8 Å².